The van der Waals surface area contributed by atoms with Gasteiger partial charge in [0, 0.05) is 19.0 Å². The number of nitrogens with zero attached hydrogens (tertiary/aromatic N) is 1. The standard InChI is InChI=1S/C25H27N3O2/c1-17-14-15-28(25(30)23(27-17)19-9-3-2-4-10-19)22(24(26)29)16-20-12-7-11-18-8-5-6-13-21(18)20/h2-13,17,22-23,27H,14-16H2,1H3,(H2,26,29). The first-order valence-electron chi connectivity index (χ1n) is 10.4. The van der Waals surface area contributed by atoms with Gasteiger partial charge in [-0.25, -0.2) is 0 Å². The maximum absolute atomic E-state index is 13.5. The highest BCUT2D eigenvalue weighted by Crippen LogP contribution is 2.25. The molecule has 0 bridgehead atoms. The van der Waals surface area contributed by atoms with Gasteiger partial charge in [-0.1, -0.05) is 72.8 Å². The Bertz CT molecular complexity index is 1050. The van der Waals surface area contributed by atoms with Crippen LogP contribution in [0.4, 0.5) is 0 Å². The van der Waals surface area contributed by atoms with Crippen molar-refractivity contribution in [1.82, 2.24) is 10.2 Å². The Balaban J connectivity index is 1.68. The number of nitrogens with one attached hydrogen (secondary N) is 1. The summed E-state index contributed by atoms with van der Waals surface area (Å²) in [6, 6.07) is 22.7. The van der Waals surface area contributed by atoms with E-state index in [4.69, 9.17) is 5.73 Å². The number of fused-ring (bicyclic) bond motifs is 1. The van der Waals surface area contributed by atoms with Crippen LogP contribution in [0, 0.1) is 0 Å². The molecule has 2 amide bonds. The average Bonchev–Trinajstić information content (AvgIpc) is 2.91. The van der Waals surface area contributed by atoms with Crippen molar-refractivity contribution in [3.8, 4) is 0 Å². The van der Waals surface area contributed by atoms with Crippen LogP contribution in [0.15, 0.2) is 72.8 Å². The highest BCUT2D eigenvalue weighted by molar-refractivity contribution is 5.91. The van der Waals surface area contributed by atoms with E-state index in [1.165, 1.54) is 0 Å². The molecule has 3 atom stereocenters. The van der Waals surface area contributed by atoms with Gasteiger partial charge in [-0.05, 0) is 35.2 Å². The van der Waals surface area contributed by atoms with Crippen LogP contribution < -0.4 is 11.1 Å². The summed E-state index contributed by atoms with van der Waals surface area (Å²) < 4.78 is 0. The Hall–Kier alpha value is -3.18. The van der Waals surface area contributed by atoms with Gasteiger partial charge in [-0.2, -0.15) is 0 Å². The van der Waals surface area contributed by atoms with Gasteiger partial charge in [-0.15, -0.1) is 0 Å². The number of rotatable bonds is 5. The summed E-state index contributed by atoms with van der Waals surface area (Å²) in [7, 11) is 0. The third-order valence-electron chi connectivity index (χ3n) is 5.91. The molecule has 1 aliphatic rings. The number of primary amides is 1. The fourth-order valence-corrected chi connectivity index (χ4v) is 4.28. The van der Waals surface area contributed by atoms with Crippen LogP contribution >= 0.6 is 0 Å². The van der Waals surface area contributed by atoms with E-state index in [1.54, 1.807) is 4.90 Å². The smallest absolute Gasteiger partial charge is 0.245 e. The van der Waals surface area contributed by atoms with Crippen molar-refractivity contribution in [2.75, 3.05) is 6.54 Å². The van der Waals surface area contributed by atoms with Gasteiger partial charge >= 0.3 is 0 Å². The van der Waals surface area contributed by atoms with Crippen molar-refractivity contribution < 1.29 is 9.59 Å². The van der Waals surface area contributed by atoms with Crippen LogP contribution in [0.25, 0.3) is 10.8 Å². The largest absolute Gasteiger partial charge is 0.368 e. The molecule has 0 spiro atoms. The monoisotopic (exact) mass is 401 g/mol. The van der Waals surface area contributed by atoms with E-state index >= 15 is 0 Å². The molecule has 1 saturated heterocycles. The summed E-state index contributed by atoms with van der Waals surface area (Å²) in [4.78, 5) is 27.8. The average molecular weight is 402 g/mol. The Morgan fingerprint density at radius 3 is 2.53 bits per heavy atom. The van der Waals surface area contributed by atoms with Crippen LogP contribution in [-0.2, 0) is 16.0 Å². The minimum absolute atomic E-state index is 0.102. The second kappa shape index (κ2) is 8.67. The molecule has 3 N–H and O–H groups in total. The topological polar surface area (TPSA) is 75.4 Å². The number of amides is 2. The molecular formula is C25H27N3O2. The number of carbonyl (C=O) groups is 2. The van der Waals surface area contributed by atoms with Crippen molar-refractivity contribution in [1.29, 1.82) is 0 Å². The zero-order valence-electron chi connectivity index (χ0n) is 17.1. The number of hydrogen-bond donors (Lipinski definition) is 2. The highest BCUT2D eigenvalue weighted by atomic mass is 16.2. The lowest BCUT2D eigenvalue weighted by atomic mass is 9.96. The van der Waals surface area contributed by atoms with Crippen LogP contribution in [0.5, 0.6) is 0 Å². The Labute approximate surface area is 176 Å². The summed E-state index contributed by atoms with van der Waals surface area (Å²) in [6.07, 6.45) is 1.16. The minimum Gasteiger partial charge on any atom is -0.368 e. The normalized spacial score (nSPS) is 20.7. The van der Waals surface area contributed by atoms with Crippen molar-refractivity contribution >= 4 is 22.6 Å². The van der Waals surface area contributed by atoms with E-state index < -0.39 is 18.0 Å². The Morgan fingerprint density at radius 2 is 1.77 bits per heavy atom. The molecule has 0 aliphatic carbocycles. The molecule has 30 heavy (non-hydrogen) atoms. The Morgan fingerprint density at radius 1 is 1.07 bits per heavy atom. The van der Waals surface area contributed by atoms with E-state index in [0.717, 1.165) is 28.3 Å². The molecule has 154 valence electrons. The first-order chi connectivity index (χ1) is 14.5. The fraction of sp³-hybridized carbons (Fsp3) is 0.280. The third kappa shape index (κ3) is 4.07. The molecule has 3 unspecified atom stereocenters. The van der Waals surface area contributed by atoms with Gasteiger partial charge in [0.1, 0.15) is 12.1 Å². The first kappa shape index (κ1) is 20.1. The van der Waals surface area contributed by atoms with E-state index in [9.17, 15) is 9.59 Å². The van der Waals surface area contributed by atoms with Gasteiger partial charge < -0.3 is 10.6 Å². The summed E-state index contributed by atoms with van der Waals surface area (Å²) in [5.74, 6) is -0.577. The SMILES string of the molecule is CC1CCN(C(Cc2cccc3ccccc23)C(N)=O)C(=O)C(c2ccccc2)N1. The second-order valence-corrected chi connectivity index (χ2v) is 7.99. The summed E-state index contributed by atoms with van der Waals surface area (Å²) in [5, 5.41) is 5.61. The summed E-state index contributed by atoms with van der Waals surface area (Å²) >= 11 is 0. The molecule has 1 aliphatic heterocycles. The van der Waals surface area contributed by atoms with E-state index in [-0.39, 0.29) is 11.9 Å². The lowest BCUT2D eigenvalue weighted by Gasteiger charge is -2.31. The predicted octanol–water partition coefficient (Wildman–Crippen LogP) is 3.19. The number of benzene rings is 3. The van der Waals surface area contributed by atoms with Crippen molar-refractivity contribution in [3.63, 3.8) is 0 Å². The maximum atomic E-state index is 13.5. The Kier molecular flexibility index (Phi) is 5.81. The summed E-state index contributed by atoms with van der Waals surface area (Å²) in [5.41, 5.74) is 7.76. The van der Waals surface area contributed by atoms with Crippen molar-refractivity contribution in [3.05, 3.63) is 83.9 Å². The molecule has 1 fully saturated rings. The van der Waals surface area contributed by atoms with Gasteiger partial charge in [0.15, 0.2) is 0 Å². The van der Waals surface area contributed by atoms with Gasteiger partial charge in [0.05, 0.1) is 0 Å². The molecule has 3 aromatic rings. The van der Waals surface area contributed by atoms with Gasteiger partial charge in [0.2, 0.25) is 11.8 Å². The zero-order valence-corrected chi connectivity index (χ0v) is 17.1. The van der Waals surface area contributed by atoms with Crippen molar-refractivity contribution in [2.24, 2.45) is 5.73 Å². The van der Waals surface area contributed by atoms with Crippen LogP contribution in [-0.4, -0.2) is 35.3 Å². The molecule has 5 heteroatoms. The molecule has 0 saturated carbocycles. The fourth-order valence-electron chi connectivity index (χ4n) is 4.28. The molecule has 1 heterocycles. The van der Waals surface area contributed by atoms with E-state index in [2.05, 4.69) is 12.2 Å². The zero-order chi connectivity index (χ0) is 21.1. The molecule has 0 aromatic heterocycles. The van der Waals surface area contributed by atoms with Crippen LogP contribution in [0.2, 0.25) is 0 Å². The molecular weight excluding hydrogens is 374 g/mol. The molecule has 0 radical (unpaired) electrons. The van der Waals surface area contributed by atoms with E-state index in [0.29, 0.717) is 13.0 Å². The molecule has 4 rings (SSSR count). The number of carbonyl (C=O) groups excluding carboxylic acids is 2. The summed E-state index contributed by atoms with van der Waals surface area (Å²) in [6.45, 7) is 2.56. The highest BCUT2D eigenvalue weighted by Gasteiger charge is 2.36. The molecule has 3 aromatic carbocycles. The lowest BCUT2D eigenvalue weighted by Crippen LogP contribution is -2.51. The second-order valence-electron chi connectivity index (χ2n) is 7.99. The van der Waals surface area contributed by atoms with Crippen molar-refractivity contribution in [2.45, 2.75) is 37.9 Å². The van der Waals surface area contributed by atoms with Gasteiger partial charge in [-0.3, -0.25) is 14.9 Å². The predicted molar refractivity (Wildman–Crippen MR) is 119 cm³/mol. The molecule has 5 nitrogen and oxygen atoms in total. The quantitative estimate of drug-likeness (QED) is 0.689. The number of hydrogen-bond acceptors (Lipinski definition) is 3. The lowest BCUT2D eigenvalue weighted by molar-refractivity contribution is -0.140. The first-order valence-corrected chi connectivity index (χ1v) is 10.4. The maximum Gasteiger partial charge on any atom is 0.245 e. The van der Waals surface area contributed by atoms with Crippen LogP contribution in [0.3, 0.4) is 0 Å². The minimum atomic E-state index is -0.693. The third-order valence-corrected chi connectivity index (χ3v) is 5.91. The van der Waals surface area contributed by atoms with Crippen LogP contribution in [0.1, 0.15) is 30.5 Å². The number of nitrogens with two attached hydrogens (primary N) is 1. The van der Waals surface area contributed by atoms with E-state index in [1.807, 2.05) is 72.8 Å². The van der Waals surface area contributed by atoms with Gasteiger partial charge in [0.25, 0.3) is 0 Å².